The largest absolute Gasteiger partial charge is 0.446 e. The summed E-state index contributed by atoms with van der Waals surface area (Å²) in [6.07, 6.45) is 5.87. The Bertz CT molecular complexity index is 532. The normalized spacial score (nSPS) is 11.3. The van der Waals surface area contributed by atoms with Gasteiger partial charge in [0.25, 0.3) is 0 Å². The van der Waals surface area contributed by atoms with E-state index in [0.29, 0.717) is 25.3 Å². The smallest absolute Gasteiger partial charge is 0.394 e. The van der Waals surface area contributed by atoms with Crippen LogP contribution >= 0.6 is 0 Å². The molecule has 0 saturated heterocycles. The molecule has 106 valence electrons. The highest BCUT2D eigenvalue weighted by molar-refractivity contribution is 5.48. The van der Waals surface area contributed by atoms with Crippen LogP contribution in [0.15, 0.2) is 47.1 Å². The molecule has 0 aliphatic carbocycles. The van der Waals surface area contributed by atoms with E-state index >= 15 is 0 Å². The Balaban J connectivity index is 1.75. The minimum absolute atomic E-state index is 0.309. The number of hydrogen-bond acceptors (Lipinski definition) is 4. The van der Waals surface area contributed by atoms with Gasteiger partial charge >= 0.3 is 6.08 Å². The van der Waals surface area contributed by atoms with Gasteiger partial charge in [-0.05, 0) is 11.6 Å². The van der Waals surface area contributed by atoms with Gasteiger partial charge in [-0.1, -0.05) is 50.3 Å². The van der Waals surface area contributed by atoms with Crippen molar-refractivity contribution in [1.29, 1.82) is 0 Å². The van der Waals surface area contributed by atoms with Crippen molar-refractivity contribution in [3.05, 3.63) is 53.9 Å². The van der Waals surface area contributed by atoms with Gasteiger partial charge in [0, 0.05) is 12.6 Å². The SMILES string of the molecule is CC(C)NCc1coc(OC/C=C/c2ccccc2)n1. The van der Waals surface area contributed by atoms with E-state index in [9.17, 15) is 0 Å². The fraction of sp³-hybridized carbons (Fsp3) is 0.312. The Kier molecular flexibility index (Phi) is 5.38. The van der Waals surface area contributed by atoms with Gasteiger partial charge < -0.3 is 14.5 Å². The van der Waals surface area contributed by atoms with Crippen molar-refractivity contribution in [3.63, 3.8) is 0 Å². The maximum atomic E-state index is 5.42. The summed E-state index contributed by atoms with van der Waals surface area (Å²) >= 11 is 0. The topological polar surface area (TPSA) is 47.3 Å². The number of benzene rings is 1. The van der Waals surface area contributed by atoms with Gasteiger partial charge in [-0.25, -0.2) is 0 Å². The molecule has 1 heterocycles. The number of ether oxygens (including phenoxy) is 1. The third-order valence-corrected chi connectivity index (χ3v) is 2.64. The van der Waals surface area contributed by atoms with Crippen LogP contribution in [0.3, 0.4) is 0 Å². The van der Waals surface area contributed by atoms with Crippen molar-refractivity contribution in [2.75, 3.05) is 6.61 Å². The van der Waals surface area contributed by atoms with E-state index in [0.717, 1.165) is 11.3 Å². The van der Waals surface area contributed by atoms with Crippen molar-refractivity contribution in [2.45, 2.75) is 26.4 Å². The number of nitrogens with one attached hydrogen (secondary N) is 1. The van der Waals surface area contributed by atoms with Crippen molar-refractivity contribution >= 4 is 6.08 Å². The Morgan fingerprint density at radius 1 is 1.30 bits per heavy atom. The van der Waals surface area contributed by atoms with Gasteiger partial charge in [0.1, 0.15) is 12.9 Å². The summed E-state index contributed by atoms with van der Waals surface area (Å²) in [5, 5.41) is 3.27. The lowest BCUT2D eigenvalue weighted by atomic mass is 10.2. The molecule has 1 N–H and O–H groups in total. The van der Waals surface area contributed by atoms with E-state index in [1.165, 1.54) is 0 Å². The van der Waals surface area contributed by atoms with Crippen LogP contribution in [0, 0.1) is 0 Å². The highest BCUT2D eigenvalue weighted by Crippen LogP contribution is 2.10. The Hall–Kier alpha value is -2.07. The zero-order valence-corrected chi connectivity index (χ0v) is 11.9. The van der Waals surface area contributed by atoms with Crippen molar-refractivity contribution < 1.29 is 9.15 Å². The number of hydrogen-bond donors (Lipinski definition) is 1. The van der Waals surface area contributed by atoms with Gasteiger partial charge in [-0.2, -0.15) is 4.98 Å². The van der Waals surface area contributed by atoms with Crippen molar-refractivity contribution in [1.82, 2.24) is 10.3 Å². The van der Waals surface area contributed by atoms with Crippen LogP contribution in [0.5, 0.6) is 6.08 Å². The van der Waals surface area contributed by atoms with E-state index in [1.54, 1.807) is 6.26 Å². The molecule has 1 aromatic carbocycles. The van der Waals surface area contributed by atoms with E-state index in [4.69, 9.17) is 9.15 Å². The third kappa shape index (κ3) is 4.90. The second-order valence-corrected chi connectivity index (χ2v) is 4.76. The van der Waals surface area contributed by atoms with Gasteiger partial charge in [-0.3, -0.25) is 0 Å². The highest BCUT2D eigenvalue weighted by Gasteiger charge is 2.04. The van der Waals surface area contributed by atoms with E-state index in [2.05, 4.69) is 24.1 Å². The van der Waals surface area contributed by atoms with Crippen LogP contribution in [-0.4, -0.2) is 17.6 Å². The summed E-state index contributed by atoms with van der Waals surface area (Å²) in [7, 11) is 0. The lowest BCUT2D eigenvalue weighted by Gasteiger charge is -2.03. The van der Waals surface area contributed by atoms with Crippen LogP contribution in [0.2, 0.25) is 0 Å². The summed E-state index contributed by atoms with van der Waals surface area (Å²) in [5.74, 6) is 0. The Morgan fingerprint density at radius 3 is 2.85 bits per heavy atom. The van der Waals surface area contributed by atoms with Crippen molar-refractivity contribution in [2.24, 2.45) is 0 Å². The first kappa shape index (κ1) is 14.3. The summed E-state index contributed by atoms with van der Waals surface area (Å²) in [6, 6.07) is 10.5. The molecule has 2 rings (SSSR count). The van der Waals surface area contributed by atoms with Crippen molar-refractivity contribution in [3.8, 4) is 6.08 Å². The zero-order valence-electron chi connectivity index (χ0n) is 11.9. The Morgan fingerprint density at radius 2 is 2.10 bits per heavy atom. The van der Waals surface area contributed by atoms with Gasteiger partial charge in [0.05, 0.1) is 5.69 Å². The van der Waals surface area contributed by atoms with Crippen LogP contribution in [0.1, 0.15) is 25.1 Å². The molecular formula is C16H20N2O2. The quantitative estimate of drug-likeness (QED) is 0.840. The van der Waals surface area contributed by atoms with Gasteiger partial charge in [-0.15, -0.1) is 0 Å². The maximum Gasteiger partial charge on any atom is 0.394 e. The molecule has 4 nitrogen and oxygen atoms in total. The molecule has 20 heavy (non-hydrogen) atoms. The predicted molar refractivity (Wildman–Crippen MR) is 79.4 cm³/mol. The summed E-state index contributed by atoms with van der Waals surface area (Å²) in [5.41, 5.74) is 1.99. The lowest BCUT2D eigenvalue weighted by molar-refractivity contribution is 0.259. The molecular weight excluding hydrogens is 252 g/mol. The standard InChI is InChI=1S/C16H20N2O2/c1-13(2)17-11-15-12-20-16(18-15)19-10-6-9-14-7-4-3-5-8-14/h3-9,12-13,17H,10-11H2,1-2H3/b9-6+. The molecule has 0 aliphatic heterocycles. The van der Waals surface area contributed by atoms with E-state index < -0.39 is 0 Å². The second kappa shape index (κ2) is 7.50. The molecule has 0 saturated carbocycles. The summed E-state index contributed by atoms with van der Waals surface area (Å²) in [6.45, 7) is 5.30. The van der Waals surface area contributed by atoms with E-state index in [1.807, 2.05) is 42.5 Å². The monoisotopic (exact) mass is 272 g/mol. The molecule has 0 radical (unpaired) electrons. The fourth-order valence-electron chi connectivity index (χ4n) is 1.61. The summed E-state index contributed by atoms with van der Waals surface area (Å²) in [4.78, 5) is 4.24. The molecule has 0 aliphatic rings. The zero-order chi connectivity index (χ0) is 14.2. The first-order valence-electron chi connectivity index (χ1n) is 6.76. The van der Waals surface area contributed by atoms with Gasteiger partial charge in [0.15, 0.2) is 0 Å². The number of oxazole rings is 1. The molecule has 0 bridgehead atoms. The minimum Gasteiger partial charge on any atom is -0.446 e. The molecule has 2 aromatic rings. The molecule has 0 atom stereocenters. The van der Waals surface area contributed by atoms with Crippen LogP contribution in [0.4, 0.5) is 0 Å². The summed E-state index contributed by atoms with van der Waals surface area (Å²) < 4.78 is 10.7. The fourth-order valence-corrected chi connectivity index (χ4v) is 1.61. The number of rotatable bonds is 7. The van der Waals surface area contributed by atoms with Crippen LogP contribution in [0.25, 0.3) is 6.08 Å². The molecule has 4 heteroatoms. The molecule has 0 unspecified atom stereocenters. The van der Waals surface area contributed by atoms with E-state index in [-0.39, 0.29) is 0 Å². The average molecular weight is 272 g/mol. The van der Waals surface area contributed by atoms with Crippen LogP contribution in [-0.2, 0) is 6.54 Å². The van der Waals surface area contributed by atoms with Crippen LogP contribution < -0.4 is 10.1 Å². The Labute approximate surface area is 119 Å². The number of aromatic nitrogens is 1. The molecule has 0 amide bonds. The van der Waals surface area contributed by atoms with Gasteiger partial charge in [0.2, 0.25) is 0 Å². The first-order chi connectivity index (χ1) is 9.74. The minimum atomic E-state index is 0.309. The first-order valence-corrected chi connectivity index (χ1v) is 6.76. The number of nitrogens with zero attached hydrogens (tertiary/aromatic N) is 1. The molecule has 1 aromatic heterocycles. The molecule has 0 fully saturated rings. The second-order valence-electron chi connectivity index (χ2n) is 4.76. The third-order valence-electron chi connectivity index (χ3n) is 2.64. The average Bonchev–Trinajstić information content (AvgIpc) is 2.90. The predicted octanol–water partition coefficient (Wildman–Crippen LogP) is 3.26. The maximum absolute atomic E-state index is 5.42. The molecule has 0 spiro atoms. The lowest BCUT2D eigenvalue weighted by Crippen LogP contribution is -2.21. The highest BCUT2D eigenvalue weighted by atomic mass is 16.6.